The lowest BCUT2D eigenvalue weighted by molar-refractivity contribution is 0.567. The van der Waals surface area contributed by atoms with E-state index in [1.807, 2.05) is 30.0 Å². The monoisotopic (exact) mass is 367 g/mol. The van der Waals surface area contributed by atoms with Crippen LogP contribution >= 0.6 is 27.3 Å². The molecule has 2 aromatic heterocycles. The van der Waals surface area contributed by atoms with E-state index in [2.05, 4.69) is 39.5 Å². The molecule has 0 saturated heterocycles. The quantitative estimate of drug-likeness (QED) is 0.886. The minimum Gasteiger partial charge on any atom is -0.312 e. The standard InChI is InChI=1S/C16H22BrN3S/c1-10-16(17)13(20(3)19-10)9-12(18-2)15-8-11-6-4-5-7-14(11)21-15/h8,12,18H,4-7,9H2,1-3H3. The topological polar surface area (TPSA) is 29.9 Å². The molecule has 21 heavy (non-hydrogen) atoms. The van der Waals surface area contributed by atoms with Crippen molar-refractivity contribution in [1.29, 1.82) is 0 Å². The van der Waals surface area contributed by atoms with E-state index >= 15 is 0 Å². The Labute approximate surface area is 138 Å². The fourth-order valence-electron chi connectivity index (χ4n) is 3.13. The van der Waals surface area contributed by atoms with Crippen molar-refractivity contribution in [2.45, 2.75) is 45.1 Å². The fraction of sp³-hybridized carbons (Fsp3) is 0.562. The predicted molar refractivity (Wildman–Crippen MR) is 92.1 cm³/mol. The number of halogens is 1. The van der Waals surface area contributed by atoms with Crippen LogP contribution in [0.2, 0.25) is 0 Å². The van der Waals surface area contributed by atoms with Gasteiger partial charge in [0.2, 0.25) is 0 Å². The van der Waals surface area contributed by atoms with Crippen LogP contribution in [0.15, 0.2) is 10.5 Å². The Hall–Kier alpha value is -0.650. The van der Waals surface area contributed by atoms with E-state index in [0.717, 1.165) is 16.6 Å². The van der Waals surface area contributed by atoms with E-state index in [4.69, 9.17) is 0 Å². The Kier molecular flexibility index (Phi) is 4.52. The summed E-state index contributed by atoms with van der Waals surface area (Å²) in [6.07, 6.45) is 6.19. The first kappa shape index (κ1) is 15.3. The summed E-state index contributed by atoms with van der Waals surface area (Å²) < 4.78 is 3.14. The normalized spacial score (nSPS) is 16.0. The van der Waals surface area contributed by atoms with Gasteiger partial charge < -0.3 is 5.32 Å². The Morgan fingerprint density at radius 1 is 1.43 bits per heavy atom. The van der Waals surface area contributed by atoms with Crippen LogP contribution in [0.25, 0.3) is 0 Å². The minimum atomic E-state index is 0.367. The lowest BCUT2D eigenvalue weighted by Gasteiger charge is -2.15. The Morgan fingerprint density at radius 3 is 2.81 bits per heavy atom. The van der Waals surface area contributed by atoms with Crippen LogP contribution in [0.4, 0.5) is 0 Å². The van der Waals surface area contributed by atoms with Gasteiger partial charge in [-0.05, 0) is 67.2 Å². The zero-order valence-electron chi connectivity index (χ0n) is 12.9. The number of rotatable bonds is 4. The van der Waals surface area contributed by atoms with Gasteiger partial charge in [0, 0.05) is 29.3 Å². The lowest BCUT2D eigenvalue weighted by Crippen LogP contribution is -2.19. The molecule has 3 rings (SSSR count). The highest BCUT2D eigenvalue weighted by Gasteiger charge is 2.21. The van der Waals surface area contributed by atoms with E-state index in [1.54, 1.807) is 10.4 Å². The van der Waals surface area contributed by atoms with Crippen molar-refractivity contribution < 1.29 is 0 Å². The third kappa shape index (κ3) is 2.96. The molecule has 2 heterocycles. The highest BCUT2D eigenvalue weighted by atomic mass is 79.9. The van der Waals surface area contributed by atoms with Crippen LogP contribution in [0, 0.1) is 6.92 Å². The largest absolute Gasteiger partial charge is 0.312 e. The first-order chi connectivity index (χ1) is 10.1. The summed E-state index contributed by atoms with van der Waals surface area (Å²) in [4.78, 5) is 3.08. The Balaban J connectivity index is 1.86. The molecule has 0 aliphatic heterocycles. The van der Waals surface area contributed by atoms with E-state index in [0.29, 0.717) is 6.04 Å². The molecule has 3 nitrogen and oxygen atoms in total. The smallest absolute Gasteiger partial charge is 0.0738 e. The molecule has 0 amide bonds. The number of hydrogen-bond acceptors (Lipinski definition) is 3. The zero-order valence-corrected chi connectivity index (χ0v) is 15.3. The van der Waals surface area contributed by atoms with Crippen LogP contribution < -0.4 is 5.32 Å². The summed E-state index contributed by atoms with van der Waals surface area (Å²) in [7, 11) is 4.08. The van der Waals surface area contributed by atoms with Crippen molar-refractivity contribution in [3.8, 4) is 0 Å². The number of aromatic nitrogens is 2. The molecule has 1 aliphatic carbocycles. The molecule has 114 valence electrons. The maximum Gasteiger partial charge on any atom is 0.0738 e. The third-order valence-electron chi connectivity index (χ3n) is 4.37. The van der Waals surface area contributed by atoms with Crippen LogP contribution in [-0.4, -0.2) is 16.8 Å². The van der Waals surface area contributed by atoms with Gasteiger partial charge in [-0.15, -0.1) is 11.3 Å². The first-order valence-electron chi connectivity index (χ1n) is 7.57. The average Bonchev–Trinajstić information content (AvgIpc) is 3.00. The molecule has 2 aromatic rings. The molecule has 1 atom stereocenters. The molecule has 1 aliphatic rings. The van der Waals surface area contributed by atoms with Crippen molar-refractivity contribution in [3.63, 3.8) is 0 Å². The van der Waals surface area contributed by atoms with Crippen molar-refractivity contribution in [3.05, 3.63) is 37.2 Å². The van der Waals surface area contributed by atoms with Crippen LogP contribution in [-0.2, 0) is 26.3 Å². The van der Waals surface area contributed by atoms with Gasteiger partial charge in [0.25, 0.3) is 0 Å². The molecule has 5 heteroatoms. The molecule has 1 unspecified atom stereocenters. The number of hydrogen-bond donors (Lipinski definition) is 1. The van der Waals surface area contributed by atoms with Gasteiger partial charge in [-0.1, -0.05) is 0 Å². The maximum atomic E-state index is 4.50. The second-order valence-corrected chi connectivity index (χ2v) is 7.78. The number of nitrogens with zero attached hydrogens (tertiary/aromatic N) is 2. The SMILES string of the molecule is CNC(Cc1c(Br)c(C)nn1C)c1cc2c(s1)CCCC2. The van der Waals surface area contributed by atoms with Crippen molar-refractivity contribution in [1.82, 2.24) is 15.1 Å². The average molecular weight is 368 g/mol. The van der Waals surface area contributed by atoms with E-state index in [1.165, 1.54) is 36.3 Å². The summed E-state index contributed by atoms with van der Waals surface area (Å²) in [5.41, 5.74) is 3.91. The van der Waals surface area contributed by atoms with Crippen molar-refractivity contribution in [2.75, 3.05) is 7.05 Å². The minimum absolute atomic E-state index is 0.367. The van der Waals surface area contributed by atoms with Crippen LogP contribution in [0.5, 0.6) is 0 Å². The molecular weight excluding hydrogens is 346 g/mol. The molecular formula is C16H22BrN3S. The molecule has 0 saturated carbocycles. The number of aryl methyl sites for hydroxylation is 4. The third-order valence-corrected chi connectivity index (χ3v) is 6.75. The van der Waals surface area contributed by atoms with Gasteiger partial charge in [-0.2, -0.15) is 5.10 Å². The second-order valence-electron chi connectivity index (χ2n) is 5.82. The van der Waals surface area contributed by atoms with Crippen LogP contribution in [0.1, 0.15) is 45.6 Å². The molecule has 0 aromatic carbocycles. The van der Waals surface area contributed by atoms with E-state index in [9.17, 15) is 0 Å². The Morgan fingerprint density at radius 2 is 2.19 bits per heavy atom. The van der Waals surface area contributed by atoms with Crippen molar-refractivity contribution >= 4 is 27.3 Å². The number of fused-ring (bicyclic) bond motifs is 1. The predicted octanol–water partition coefficient (Wildman–Crippen LogP) is 3.93. The van der Waals surface area contributed by atoms with Gasteiger partial charge in [0.1, 0.15) is 0 Å². The van der Waals surface area contributed by atoms with Crippen LogP contribution in [0.3, 0.4) is 0 Å². The lowest BCUT2D eigenvalue weighted by atomic mass is 9.98. The summed E-state index contributed by atoms with van der Waals surface area (Å²) in [6, 6.07) is 2.80. The summed E-state index contributed by atoms with van der Waals surface area (Å²) in [5, 5.41) is 7.99. The highest BCUT2D eigenvalue weighted by molar-refractivity contribution is 9.10. The van der Waals surface area contributed by atoms with Gasteiger partial charge >= 0.3 is 0 Å². The molecule has 0 bridgehead atoms. The summed E-state index contributed by atoms with van der Waals surface area (Å²) >= 11 is 5.68. The highest BCUT2D eigenvalue weighted by Crippen LogP contribution is 2.35. The van der Waals surface area contributed by atoms with Gasteiger partial charge in [-0.3, -0.25) is 4.68 Å². The van der Waals surface area contributed by atoms with E-state index in [-0.39, 0.29) is 0 Å². The molecule has 1 N–H and O–H groups in total. The number of likely N-dealkylation sites (N-methyl/N-ethyl adjacent to an activating group) is 1. The molecule has 0 fully saturated rings. The second kappa shape index (κ2) is 6.23. The number of nitrogens with one attached hydrogen (secondary N) is 1. The van der Waals surface area contributed by atoms with Gasteiger partial charge in [0.05, 0.1) is 15.9 Å². The van der Waals surface area contributed by atoms with Gasteiger partial charge in [0.15, 0.2) is 0 Å². The molecule has 0 radical (unpaired) electrons. The number of thiophene rings is 1. The Bertz CT molecular complexity index is 621. The zero-order chi connectivity index (χ0) is 15.0. The summed E-state index contributed by atoms with van der Waals surface area (Å²) in [5.74, 6) is 0. The summed E-state index contributed by atoms with van der Waals surface area (Å²) in [6.45, 7) is 2.05. The fourth-order valence-corrected chi connectivity index (χ4v) is 4.99. The first-order valence-corrected chi connectivity index (χ1v) is 9.17. The van der Waals surface area contributed by atoms with Crippen molar-refractivity contribution in [2.24, 2.45) is 7.05 Å². The molecule has 0 spiro atoms. The van der Waals surface area contributed by atoms with E-state index < -0.39 is 0 Å². The van der Waals surface area contributed by atoms with Gasteiger partial charge in [-0.25, -0.2) is 0 Å². The maximum absolute atomic E-state index is 4.50.